The van der Waals surface area contributed by atoms with Crippen molar-refractivity contribution in [1.82, 2.24) is 10.6 Å². The number of carboxylic acids is 1. The Morgan fingerprint density at radius 2 is 1.65 bits per heavy atom. The van der Waals surface area contributed by atoms with Crippen LogP contribution in [-0.4, -0.2) is 30.2 Å². The van der Waals surface area contributed by atoms with E-state index in [-0.39, 0.29) is 18.5 Å². The number of aliphatic carboxylic acids is 1. The van der Waals surface area contributed by atoms with Gasteiger partial charge in [0.15, 0.2) is 0 Å². The lowest BCUT2D eigenvalue weighted by Crippen LogP contribution is -2.42. The molecule has 0 radical (unpaired) electrons. The summed E-state index contributed by atoms with van der Waals surface area (Å²) in [6.45, 7) is 8.55. The van der Waals surface area contributed by atoms with Crippen molar-refractivity contribution in [3.8, 4) is 0 Å². The lowest BCUT2D eigenvalue weighted by molar-refractivity contribution is -0.142. The van der Waals surface area contributed by atoms with Crippen molar-refractivity contribution in [3.05, 3.63) is 0 Å². The van der Waals surface area contributed by atoms with E-state index in [4.69, 9.17) is 5.11 Å². The van der Waals surface area contributed by atoms with Crippen LogP contribution in [0.25, 0.3) is 0 Å². The van der Waals surface area contributed by atoms with Gasteiger partial charge in [0, 0.05) is 13.1 Å². The SMILES string of the molecule is CCC(C)CNC(=O)NCC(C(=O)O)C(C)C. The van der Waals surface area contributed by atoms with E-state index in [1.54, 1.807) is 0 Å². The van der Waals surface area contributed by atoms with Gasteiger partial charge >= 0.3 is 12.0 Å². The molecule has 5 heteroatoms. The fourth-order valence-electron chi connectivity index (χ4n) is 1.28. The smallest absolute Gasteiger partial charge is 0.314 e. The topological polar surface area (TPSA) is 78.4 Å². The summed E-state index contributed by atoms with van der Waals surface area (Å²) in [5.74, 6) is -0.977. The van der Waals surface area contributed by atoms with Crippen LogP contribution >= 0.6 is 0 Å². The minimum Gasteiger partial charge on any atom is -0.481 e. The minimum absolute atomic E-state index is 0.00219. The third-order valence-electron chi connectivity index (χ3n) is 2.91. The molecule has 0 aromatic heterocycles. The highest BCUT2D eigenvalue weighted by Gasteiger charge is 2.21. The zero-order valence-corrected chi connectivity index (χ0v) is 11.1. The van der Waals surface area contributed by atoms with Crippen molar-refractivity contribution in [2.75, 3.05) is 13.1 Å². The first-order valence-corrected chi connectivity index (χ1v) is 6.12. The summed E-state index contributed by atoms with van der Waals surface area (Å²) in [4.78, 5) is 22.3. The molecule has 2 atom stereocenters. The van der Waals surface area contributed by atoms with Crippen LogP contribution in [0.1, 0.15) is 34.1 Å². The maximum atomic E-state index is 11.4. The van der Waals surface area contributed by atoms with Gasteiger partial charge in [-0.1, -0.05) is 34.1 Å². The Morgan fingerprint density at radius 3 is 2.06 bits per heavy atom. The maximum Gasteiger partial charge on any atom is 0.314 e. The van der Waals surface area contributed by atoms with Gasteiger partial charge < -0.3 is 15.7 Å². The molecule has 2 unspecified atom stereocenters. The Morgan fingerprint density at radius 1 is 1.12 bits per heavy atom. The number of amides is 2. The van der Waals surface area contributed by atoms with Crippen molar-refractivity contribution in [2.45, 2.75) is 34.1 Å². The van der Waals surface area contributed by atoms with E-state index >= 15 is 0 Å². The van der Waals surface area contributed by atoms with Crippen molar-refractivity contribution in [2.24, 2.45) is 17.8 Å². The number of hydrogen-bond acceptors (Lipinski definition) is 2. The van der Waals surface area contributed by atoms with Crippen LogP contribution in [0.2, 0.25) is 0 Å². The molecule has 0 spiro atoms. The van der Waals surface area contributed by atoms with Gasteiger partial charge in [0.05, 0.1) is 5.92 Å². The van der Waals surface area contributed by atoms with Gasteiger partial charge in [-0.3, -0.25) is 4.79 Å². The monoisotopic (exact) mass is 244 g/mol. The molecule has 0 aliphatic rings. The number of rotatable bonds is 7. The number of hydrogen-bond donors (Lipinski definition) is 3. The Hall–Kier alpha value is -1.26. The third kappa shape index (κ3) is 6.81. The fourth-order valence-corrected chi connectivity index (χ4v) is 1.28. The Balaban J connectivity index is 3.93. The van der Waals surface area contributed by atoms with Crippen molar-refractivity contribution in [3.63, 3.8) is 0 Å². The van der Waals surface area contributed by atoms with Gasteiger partial charge in [-0.15, -0.1) is 0 Å². The van der Waals surface area contributed by atoms with Gasteiger partial charge in [-0.05, 0) is 11.8 Å². The van der Waals surface area contributed by atoms with E-state index in [0.29, 0.717) is 12.5 Å². The number of carbonyl (C=O) groups excluding carboxylic acids is 1. The first-order chi connectivity index (χ1) is 7.88. The third-order valence-corrected chi connectivity index (χ3v) is 2.91. The number of urea groups is 1. The first-order valence-electron chi connectivity index (χ1n) is 6.12. The molecule has 5 nitrogen and oxygen atoms in total. The standard InChI is InChI=1S/C12H24N2O3/c1-5-9(4)6-13-12(17)14-7-10(8(2)3)11(15)16/h8-10H,5-7H2,1-4H3,(H,15,16)(H2,13,14,17). The van der Waals surface area contributed by atoms with E-state index in [9.17, 15) is 9.59 Å². The summed E-state index contributed by atoms with van der Waals surface area (Å²) < 4.78 is 0. The predicted octanol–water partition coefficient (Wildman–Crippen LogP) is 1.69. The number of carbonyl (C=O) groups is 2. The number of carboxylic acid groups (broad SMARTS) is 1. The van der Waals surface area contributed by atoms with Gasteiger partial charge in [0.2, 0.25) is 0 Å². The van der Waals surface area contributed by atoms with Gasteiger partial charge in [-0.25, -0.2) is 4.79 Å². The van der Waals surface area contributed by atoms with Crippen molar-refractivity contribution >= 4 is 12.0 Å². The largest absolute Gasteiger partial charge is 0.481 e. The van der Waals surface area contributed by atoms with Crippen LogP contribution in [-0.2, 0) is 4.79 Å². The van der Waals surface area contributed by atoms with Crippen LogP contribution in [0.15, 0.2) is 0 Å². The molecule has 2 amide bonds. The van der Waals surface area contributed by atoms with E-state index in [1.165, 1.54) is 0 Å². The van der Waals surface area contributed by atoms with Gasteiger partial charge in [0.1, 0.15) is 0 Å². The second-order valence-electron chi connectivity index (χ2n) is 4.79. The summed E-state index contributed by atoms with van der Waals surface area (Å²) in [5.41, 5.74) is 0. The molecule has 0 aliphatic carbocycles. The Labute approximate surface area is 103 Å². The molecule has 3 N–H and O–H groups in total. The van der Waals surface area contributed by atoms with Gasteiger partial charge in [-0.2, -0.15) is 0 Å². The van der Waals surface area contributed by atoms with Crippen LogP contribution in [0.5, 0.6) is 0 Å². The first kappa shape index (κ1) is 15.7. The molecule has 0 saturated carbocycles. The summed E-state index contributed by atoms with van der Waals surface area (Å²) in [5, 5.41) is 14.3. The molecule has 0 rings (SSSR count). The minimum atomic E-state index is -0.873. The highest BCUT2D eigenvalue weighted by atomic mass is 16.4. The van der Waals surface area contributed by atoms with Crippen LogP contribution in [0.3, 0.4) is 0 Å². The molecule has 0 aromatic carbocycles. The molecule has 0 aliphatic heterocycles. The van der Waals surface area contributed by atoms with E-state index in [0.717, 1.165) is 6.42 Å². The summed E-state index contributed by atoms with van der Waals surface area (Å²) in [7, 11) is 0. The highest BCUT2D eigenvalue weighted by Crippen LogP contribution is 2.09. The zero-order valence-electron chi connectivity index (χ0n) is 11.1. The van der Waals surface area contributed by atoms with E-state index in [1.807, 2.05) is 13.8 Å². The zero-order chi connectivity index (χ0) is 13.4. The quantitative estimate of drug-likeness (QED) is 0.637. The Bertz CT molecular complexity index is 254. The van der Waals surface area contributed by atoms with Crippen LogP contribution < -0.4 is 10.6 Å². The molecule has 17 heavy (non-hydrogen) atoms. The Kier molecular flexibility index (Phi) is 7.34. The molecular weight excluding hydrogens is 220 g/mol. The fraction of sp³-hybridized carbons (Fsp3) is 0.833. The van der Waals surface area contributed by atoms with Crippen LogP contribution in [0, 0.1) is 17.8 Å². The molecular formula is C12H24N2O3. The molecule has 0 fully saturated rings. The molecule has 0 aromatic rings. The summed E-state index contributed by atoms with van der Waals surface area (Å²) >= 11 is 0. The molecule has 0 saturated heterocycles. The second kappa shape index (κ2) is 7.92. The lowest BCUT2D eigenvalue weighted by Gasteiger charge is -2.17. The van der Waals surface area contributed by atoms with E-state index < -0.39 is 11.9 Å². The number of nitrogens with one attached hydrogen (secondary N) is 2. The van der Waals surface area contributed by atoms with Crippen molar-refractivity contribution in [1.29, 1.82) is 0 Å². The molecule has 100 valence electrons. The average molecular weight is 244 g/mol. The highest BCUT2D eigenvalue weighted by molar-refractivity contribution is 5.75. The predicted molar refractivity (Wildman–Crippen MR) is 66.8 cm³/mol. The molecule has 0 heterocycles. The molecule has 0 bridgehead atoms. The van der Waals surface area contributed by atoms with Crippen molar-refractivity contribution < 1.29 is 14.7 Å². The van der Waals surface area contributed by atoms with E-state index in [2.05, 4.69) is 24.5 Å². The second-order valence-corrected chi connectivity index (χ2v) is 4.79. The van der Waals surface area contributed by atoms with Crippen LogP contribution in [0.4, 0.5) is 4.79 Å². The normalized spacial score (nSPS) is 14.2. The summed E-state index contributed by atoms with van der Waals surface area (Å²) in [6.07, 6.45) is 1.00. The lowest BCUT2D eigenvalue weighted by atomic mass is 9.96. The maximum absolute atomic E-state index is 11.4. The van der Waals surface area contributed by atoms with Gasteiger partial charge in [0.25, 0.3) is 0 Å². The average Bonchev–Trinajstić information content (AvgIpc) is 2.25. The summed E-state index contributed by atoms with van der Waals surface area (Å²) in [6, 6.07) is -0.294.